The van der Waals surface area contributed by atoms with Crippen molar-refractivity contribution in [3.8, 4) is 0 Å². The van der Waals surface area contributed by atoms with E-state index < -0.39 is 0 Å². The van der Waals surface area contributed by atoms with Crippen LogP contribution in [0.5, 0.6) is 0 Å². The molecule has 1 saturated carbocycles. The summed E-state index contributed by atoms with van der Waals surface area (Å²) < 4.78 is 0. The van der Waals surface area contributed by atoms with Crippen LogP contribution in [0.1, 0.15) is 25.1 Å². The Hall–Kier alpha value is -1.36. The number of rotatable bonds is 5. The predicted molar refractivity (Wildman–Crippen MR) is 60.4 cm³/mol. The summed E-state index contributed by atoms with van der Waals surface area (Å²) in [6.45, 7) is 0.517. The molecule has 1 aliphatic carbocycles. The van der Waals surface area contributed by atoms with Gasteiger partial charge in [0.25, 0.3) is 0 Å². The first-order chi connectivity index (χ1) is 7.66. The van der Waals surface area contributed by atoms with Gasteiger partial charge >= 0.3 is 0 Å². The summed E-state index contributed by atoms with van der Waals surface area (Å²) in [5.74, 6) is 1.47. The number of imidazole rings is 1. The number of carbonyl (C=O) groups excluding carboxylic acids is 1. The van der Waals surface area contributed by atoms with Crippen molar-refractivity contribution in [2.75, 3.05) is 7.05 Å². The highest BCUT2D eigenvalue weighted by Crippen LogP contribution is 2.32. The molecule has 0 aliphatic heterocycles. The maximum atomic E-state index is 11.8. The topological polar surface area (TPSA) is 75.0 Å². The number of hydrogen-bond donors (Lipinski definition) is 2. The zero-order valence-electron chi connectivity index (χ0n) is 9.52. The van der Waals surface area contributed by atoms with Gasteiger partial charge in [0, 0.05) is 31.9 Å². The Balaban J connectivity index is 1.79. The molecule has 5 nitrogen and oxygen atoms in total. The molecule has 3 N–H and O–H groups in total. The molecule has 0 radical (unpaired) electrons. The minimum atomic E-state index is 0.0338. The average molecular weight is 222 g/mol. The number of aromatic nitrogens is 2. The van der Waals surface area contributed by atoms with Crippen molar-refractivity contribution in [2.24, 2.45) is 11.7 Å². The van der Waals surface area contributed by atoms with Crippen LogP contribution in [0.2, 0.25) is 0 Å². The molecule has 1 aliphatic rings. The van der Waals surface area contributed by atoms with Gasteiger partial charge in [-0.05, 0) is 18.8 Å². The summed E-state index contributed by atoms with van der Waals surface area (Å²) in [6, 6.07) is 0.0338. The van der Waals surface area contributed by atoms with Gasteiger partial charge in [-0.2, -0.15) is 0 Å². The highest BCUT2D eigenvalue weighted by atomic mass is 16.2. The lowest BCUT2D eigenvalue weighted by molar-refractivity contribution is -0.131. The third-order valence-electron chi connectivity index (χ3n) is 3.01. The Bertz CT molecular complexity index is 345. The Morgan fingerprint density at radius 1 is 1.75 bits per heavy atom. The van der Waals surface area contributed by atoms with Crippen molar-refractivity contribution in [1.29, 1.82) is 0 Å². The SMILES string of the molecule is CN(Cc1ncc[nH]1)C(=O)CC(N)C1CC1. The van der Waals surface area contributed by atoms with E-state index in [-0.39, 0.29) is 11.9 Å². The van der Waals surface area contributed by atoms with Crippen LogP contribution in [0.3, 0.4) is 0 Å². The van der Waals surface area contributed by atoms with Crippen LogP contribution in [0.25, 0.3) is 0 Å². The number of amides is 1. The molecule has 0 saturated heterocycles. The molecule has 2 rings (SSSR count). The first-order valence-electron chi connectivity index (χ1n) is 5.64. The highest BCUT2D eigenvalue weighted by molar-refractivity contribution is 5.76. The lowest BCUT2D eigenvalue weighted by Gasteiger charge is -2.18. The van der Waals surface area contributed by atoms with Gasteiger partial charge < -0.3 is 15.6 Å². The van der Waals surface area contributed by atoms with E-state index in [1.54, 1.807) is 24.3 Å². The van der Waals surface area contributed by atoms with E-state index in [0.29, 0.717) is 18.9 Å². The minimum Gasteiger partial charge on any atom is -0.347 e. The molecule has 5 heteroatoms. The van der Waals surface area contributed by atoms with Gasteiger partial charge in [0.2, 0.25) is 5.91 Å². The summed E-state index contributed by atoms with van der Waals surface area (Å²) in [6.07, 6.45) is 6.24. The van der Waals surface area contributed by atoms with Crippen LogP contribution in [0.4, 0.5) is 0 Å². The smallest absolute Gasteiger partial charge is 0.224 e. The van der Waals surface area contributed by atoms with E-state index in [1.165, 1.54) is 12.8 Å². The quantitative estimate of drug-likeness (QED) is 0.761. The fourth-order valence-corrected chi connectivity index (χ4v) is 1.75. The minimum absolute atomic E-state index is 0.0338. The largest absolute Gasteiger partial charge is 0.347 e. The first kappa shape index (κ1) is 11.1. The number of carbonyl (C=O) groups is 1. The van der Waals surface area contributed by atoms with E-state index in [1.807, 2.05) is 0 Å². The van der Waals surface area contributed by atoms with Crippen molar-refractivity contribution in [2.45, 2.75) is 31.8 Å². The van der Waals surface area contributed by atoms with Crippen molar-refractivity contribution in [1.82, 2.24) is 14.9 Å². The monoisotopic (exact) mass is 222 g/mol. The summed E-state index contributed by atoms with van der Waals surface area (Å²) in [7, 11) is 1.78. The lowest BCUT2D eigenvalue weighted by atomic mass is 10.1. The number of aromatic amines is 1. The van der Waals surface area contributed by atoms with E-state index in [4.69, 9.17) is 5.73 Å². The zero-order valence-corrected chi connectivity index (χ0v) is 9.52. The number of nitrogens with zero attached hydrogens (tertiary/aromatic N) is 2. The second-order valence-electron chi connectivity index (χ2n) is 4.49. The average Bonchev–Trinajstić information content (AvgIpc) is 2.98. The van der Waals surface area contributed by atoms with Gasteiger partial charge in [-0.1, -0.05) is 0 Å². The predicted octanol–water partition coefficient (Wildman–Crippen LogP) is 0.495. The van der Waals surface area contributed by atoms with Gasteiger partial charge in [0.15, 0.2) is 0 Å². The molecular weight excluding hydrogens is 204 g/mol. The molecule has 1 fully saturated rings. The van der Waals surface area contributed by atoms with E-state index >= 15 is 0 Å². The summed E-state index contributed by atoms with van der Waals surface area (Å²) >= 11 is 0. The van der Waals surface area contributed by atoms with Crippen molar-refractivity contribution < 1.29 is 4.79 Å². The van der Waals surface area contributed by atoms with Crippen molar-refractivity contribution >= 4 is 5.91 Å². The van der Waals surface area contributed by atoms with Gasteiger partial charge in [0.05, 0.1) is 6.54 Å². The fraction of sp³-hybridized carbons (Fsp3) is 0.636. The van der Waals surface area contributed by atoms with Gasteiger partial charge in [-0.3, -0.25) is 4.79 Å². The molecule has 1 amide bonds. The Morgan fingerprint density at radius 2 is 2.50 bits per heavy atom. The Morgan fingerprint density at radius 3 is 3.06 bits per heavy atom. The number of hydrogen-bond acceptors (Lipinski definition) is 3. The molecule has 88 valence electrons. The maximum Gasteiger partial charge on any atom is 0.224 e. The van der Waals surface area contributed by atoms with Crippen molar-refractivity contribution in [3.63, 3.8) is 0 Å². The molecule has 1 heterocycles. The Labute approximate surface area is 95.0 Å². The molecule has 1 atom stereocenters. The highest BCUT2D eigenvalue weighted by Gasteiger charge is 2.30. The third kappa shape index (κ3) is 2.82. The standard InChI is InChI=1S/C11H18N4O/c1-15(7-10-13-4-5-14-10)11(16)6-9(12)8-2-3-8/h4-5,8-9H,2-3,6-7,12H2,1H3,(H,13,14). The second kappa shape index (κ2) is 4.65. The van der Waals surface area contributed by atoms with Crippen molar-refractivity contribution in [3.05, 3.63) is 18.2 Å². The first-order valence-corrected chi connectivity index (χ1v) is 5.64. The third-order valence-corrected chi connectivity index (χ3v) is 3.01. The molecule has 0 bridgehead atoms. The summed E-state index contributed by atoms with van der Waals surface area (Å²) in [5, 5.41) is 0. The van der Waals surface area contributed by atoms with Crippen LogP contribution >= 0.6 is 0 Å². The summed E-state index contributed by atoms with van der Waals surface area (Å²) in [4.78, 5) is 20.5. The molecular formula is C11H18N4O. The molecule has 0 spiro atoms. The van der Waals surface area contributed by atoms with Gasteiger partial charge in [-0.25, -0.2) is 4.98 Å². The fourth-order valence-electron chi connectivity index (χ4n) is 1.75. The van der Waals surface area contributed by atoms with Crippen LogP contribution < -0.4 is 5.73 Å². The van der Waals surface area contributed by atoms with Crippen LogP contribution in [-0.4, -0.2) is 33.9 Å². The molecule has 0 aromatic carbocycles. The molecule has 1 unspecified atom stereocenters. The molecule has 1 aromatic rings. The van der Waals surface area contributed by atoms with E-state index in [2.05, 4.69) is 9.97 Å². The number of H-pyrrole nitrogens is 1. The normalized spacial score (nSPS) is 17.1. The lowest BCUT2D eigenvalue weighted by Crippen LogP contribution is -2.34. The Kier molecular flexibility index (Phi) is 3.24. The summed E-state index contributed by atoms with van der Waals surface area (Å²) in [5.41, 5.74) is 5.92. The van der Waals surface area contributed by atoms with Crippen LogP contribution in [0, 0.1) is 5.92 Å². The zero-order chi connectivity index (χ0) is 11.5. The van der Waals surface area contributed by atoms with Crippen LogP contribution in [0.15, 0.2) is 12.4 Å². The molecule has 1 aromatic heterocycles. The number of nitrogens with one attached hydrogen (secondary N) is 1. The van der Waals surface area contributed by atoms with E-state index in [9.17, 15) is 4.79 Å². The van der Waals surface area contributed by atoms with Gasteiger partial charge in [0.1, 0.15) is 5.82 Å². The van der Waals surface area contributed by atoms with Crippen LogP contribution in [-0.2, 0) is 11.3 Å². The maximum absolute atomic E-state index is 11.8. The van der Waals surface area contributed by atoms with Gasteiger partial charge in [-0.15, -0.1) is 0 Å². The number of nitrogens with two attached hydrogens (primary N) is 1. The second-order valence-corrected chi connectivity index (χ2v) is 4.49. The van der Waals surface area contributed by atoms with E-state index in [0.717, 1.165) is 5.82 Å². The molecule has 16 heavy (non-hydrogen) atoms.